The summed E-state index contributed by atoms with van der Waals surface area (Å²) in [6.07, 6.45) is 0.523. The van der Waals surface area contributed by atoms with Crippen molar-refractivity contribution in [2.45, 2.75) is 25.9 Å². The highest BCUT2D eigenvalue weighted by Gasteiger charge is 2.14. The summed E-state index contributed by atoms with van der Waals surface area (Å²) in [4.78, 5) is 11.0. The van der Waals surface area contributed by atoms with Gasteiger partial charge in [-0.05, 0) is 38.5 Å². The summed E-state index contributed by atoms with van der Waals surface area (Å²) in [6.45, 7) is 3.90. The van der Waals surface area contributed by atoms with E-state index in [1.165, 1.54) is 6.07 Å². The maximum atomic E-state index is 11.0. The first-order chi connectivity index (χ1) is 7.79. The molecular formula is C12H16ClNO3. The van der Waals surface area contributed by atoms with Gasteiger partial charge in [-0.25, -0.2) is 4.79 Å². The van der Waals surface area contributed by atoms with Gasteiger partial charge in [-0.15, -0.1) is 0 Å². The SMILES string of the molecule is CC(C)(O)CCNc1ccc(Cl)cc1C(=O)O. The van der Waals surface area contributed by atoms with Crippen LogP contribution in [0.3, 0.4) is 0 Å². The fourth-order valence-electron chi connectivity index (χ4n) is 1.35. The number of rotatable bonds is 5. The van der Waals surface area contributed by atoms with Crippen LogP contribution >= 0.6 is 11.6 Å². The van der Waals surface area contributed by atoms with E-state index in [0.29, 0.717) is 23.7 Å². The molecule has 0 aromatic heterocycles. The van der Waals surface area contributed by atoms with Crippen molar-refractivity contribution in [1.29, 1.82) is 0 Å². The lowest BCUT2D eigenvalue weighted by Crippen LogP contribution is -2.23. The molecule has 4 nitrogen and oxygen atoms in total. The largest absolute Gasteiger partial charge is 0.478 e. The number of carboxylic acid groups (broad SMARTS) is 1. The summed E-state index contributed by atoms with van der Waals surface area (Å²) in [6, 6.07) is 4.65. The number of anilines is 1. The zero-order chi connectivity index (χ0) is 13.1. The number of aliphatic hydroxyl groups is 1. The van der Waals surface area contributed by atoms with Gasteiger partial charge in [-0.2, -0.15) is 0 Å². The number of aromatic carboxylic acids is 1. The minimum absolute atomic E-state index is 0.133. The molecule has 0 atom stereocenters. The molecule has 94 valence electrons. The summed E-state index contributed by atoms with van der Waals surface area (Å²) in [7, 11) is 0. The van der Waals surface area contributed by atoms with E-state index in [1.54, 1.807) is 26.0 Å². The molecule has 17 heavy (non-hydrogen) atoms. The minimum atomic E-state index is -1.03. The Hall–Kier alpha value is -1.26. The summed E-state index contributed by atoms with van der Waals surface area (Å²) in [5.74, 6) is -1.03. The third-order valence-corrected chi connectivity index (χ3v) is 2.50. The fourth-order valence-corrected chi connectivity index (χ4v) is 1.52. The molecule has 0 aliphatic carbocycles. The van der Waals surface area contributed by atoms with Gasteiger partial charge >= 0.3 is 5.97 Å². The summed E-state index contributed by atoms with van der Waals surface area (Å²) < 4.78 is 0. The number of hydrogen-bond donors (Lipinski definition) is 3. The molecule has 0 heterocycles. The highest BCUT2D eigenvalue weighted by atomic mass is 35.5. The van der Waals surface area contributed by atoms with E-state index >= 15 is 0 Å². The maximum Gasteiger partial charge on any atom is 0.337 e. The molecule has 0 aliphatic heterocycles. The van der Waals surface area contributed by atoms with E-state index in [0.717, 1.165) is 0 Å². The zero-order valence-electron chi connectivity index (χ0n) is 9.83. The van der Waals surface area contributed by atoms with E-state index in [-0.39, 0.29) is 5.56 Å². The molecular weight excluding hydrogens is 242 g/mol. The average Bonchev–Trinajstić information content (AvgIpc) is 2.18. The van der Waals surface area contributed by atoms with Gasteiger partial charge in [0.15, 0.2) is 0 Å². The van der Waals surface area contributed by atoms with Gasteiger partial charge in [0, 0.05) is 17.3 Å². The first kappa shape index (κ1) is 13.8. The van der Waals surface area contributed by atoms with E-state index in [2.05, 4.69) is 5.32 Å². The van der Waals surface area contributed by atoms with Crippen LogP contribution in [0, 0.1) is 0 Å². The molecule has 0 fully saturated rings. The molecule has 3 N–H and O–H groups in total. The monoisotopic (exact) mass is 257 g/mol. The number of nitrogens with one attached hydrogen (secondary N) is 1. The van der Waals surface area contributed by atoms with Crippen LogP contribution in [0.15, 0.2) is 18.2 Å². The highest BCUT2D eigenvalue weighted by Crippen LogP contribution is 2.21. The Morgan fingerprint density at radius 2 is 2.12 bits per heavy atom. The number of halogens is 1. The summed E-state index contributed by atoms with van der Waals surface area (Å²) >= 11 is 5.74. The standard InChI is InChI=1S/C12H16ClNO3/c1-12(2,17)5-6-14-10-4-3-8(13)7-9(10)11(15)16/h3-4,7,14,17H,5-6H2,1-2H3,(H,15,16). The van der Waals surface area contributed by atoms with Gasteiger partial charge in [0.25, 0.3) is 0 Å². The Morgan fingerprint density at radius 1 is 1.47 bits per heavy atom. The third-order valence-electron chi connectivity index (χ3n) is 2.26. The minimum Gasteiger partial charge on any atom is -0.478 e. The molecule has 0 spiro atoms. The summed E-state index contributed by atoms with van der Waals surface area (Å²) in [5.41, 5.74) is -0.137. The molecule has 0 saturated heterocycles. The fraction of sp³-hybridized carbons (Fsp3) is 0.417. The topological polar surface area (TPSA) is 69.6 Å². The van der Waals surface area contributed by atoms with Crippen LogP contribution in [0.25, 0.3) is 0 Å². The molecule has 1 rings (SSSR count). The lowest BCUT2D eigenvalue weighted by molar-refractivity contribution is 0.0698. The lowest BCUT2D eigenvalue weighted by Gasteiger charge is -2.18. The smallest absolute Gasteiger partial charge is 0.337 e. The van der Waals surface area contributed by atoms with Gasteiger partial charge in [-0.3, -0.25) is 0 Å². The lowest BCUT2D eigenvalue weighted by atomic mass is 10.1. The maximum absolute atomic E-state index is 11.0. The van der Waals surface area contributed by atoms with Crippen LogP contribution in [0.5, 0.6) is 0 Å². The molecule has 0 unspecified atom stereocenters. The van der Waals surface area contributed by atoms with Crippen LogP contribution in [-0.4, -0.2) is 28.3 Å². The highest BCUT2D eigenvalue weighted by molar-refractivity contribution is 6.31. The van der Waals surface area contributed by atoms with Crippen LogP contribution in [-0.2, 0) is 0 Å². The molecule has 0 radical (unpaired) electrons. The van der Waals surface area contributed by atoms with Gasteiger partial charge < -0.3 is 15.5 Å². The Labute approximate surface area is 105 Å². The van der Waals surface area contributed by atoms with Crippen molar-refractivity contribution in [2.24, 2.45) is 0 Å². The van der Waals surface area contributed by atoms with Crippen molar-refractivity contribution in [3.63, 3.8) is 0 Å². The quantitative estimate of drug-likeness (QED) is 0.758. The van der Waals surface area contributed by atoms with E-state index < -0.39 is 11.6 Å². The number of carbonyl (C=O) groups is 1. The van der Waals surface area contributed by atoms with Gasteiger partial charge in [0.05, 0.1) is 11.2 Å². The van der Waals surface area contributed by atoms with Gasteiger partial charge in [0.2, 0.25) is 0 Å². The Kier molecular flexibility index (Phi) is 4.37. The van der Waals surface area contributed by atoms with E-state index in [4.69, 9.17) is 16.7 Å². The first-order valence-corrected chi connectivity index (χ1v) is 5.66. The van der Waals surface area contributed by atoms with Crippen molar-refractivity contribution in [2.75, 3.05) is 11.9 Å². The van der Waals surface area contributed by atoms with E-state index in [9.17, 15) is 9.90 Å². The zero-order valence-corrected chi connectivity index (χ0v) is 10.6. The Bertz CT molecular complexity index is 413. The molecule has 0 amide bonds. The molecule has 1 aromatic carbocycles. The normalized spacial score (nSPS) is 11.3. The van der Waals surface area contributed by atoms with Gasteiger partial charge in [0.1, 0.15) is 0 Å². The van der Waals surface area contributed by atoms with Crippen LogP contribution in [0.2, 0.25) is 5.02 Å². The Balaban J connectivity index is 2.74. The third kappa shape index (κ3) is 4.63. The number of carboxylic acids is 1. The number of benzene rings is 1. The molecule has 1 aromatic rings. The molecule has 0 bridgehead atoms. The average molecular weight is 258 g/mol. The van der Waals surface area contributed by atoms with Crippen molar-refractivity contribution in [1.82, 2.24) is 0 Å². The van der Waals surface area contributed by atoms with Crippen molar-refractivity contribution < 1.29 is 15.0 Å². The Morgan fingerprint density at radius 3 is 2.65 bits per heavy atom. The second-order valence-electron chi connectivity index (χ2n) is 4.48. The van der Waals surface area contributed by atoms with Crippen molar-refractivity contribution in [3.8, 4) is 0 Å². The van der Waals surface area contributed by atoms with Crippen molar-refractivity contribution in [3.05, 3.63) is 28.8 Å². The second-order valence-corrected chi connectivity index (χ2v) is 4.92. The van der Waals surface area contributed by atoms with Crippen LogP contribution in [0.4, 0.5) is 5.69 Å². The predicted molar refractivity (Wildman–Crippen MR) is 67.8 cm³/mol. The van der Waals surface area contributed by atoms with Crippen LogP contribution in [0.1, 0.15) is 30.6 Å². The van der Waals surface area contributed by atoms with Gasteiger partial charge in [-0.1, -0.05) is 11.6 Å². The second kappa shape index (κ2) is 5.38. The molecule has 0 saturated carbocycles. The van der Waals surface area contributed by atoms with Crippen molar-refractivity contribution >= 4 is 23.3 Å². The summed E-state index contributed by atoms with van der Waals surface area (Å²) in [5, 5.41) is 21.9. The number of hydrogen-bond acceptors (Lipinski definition) is 3. The molecule has 5 heteroatoms. The van der Waals surface area contributed by atoms with E-state index in [1.807, 2.05) is 0 Å². The molecule has 0 aliphatic rings. The first-order valence-electron chi connectivity index (χ1n) is 5.29. The predicted octanol–water partition coefficient (Wildman–Crippen LogP) is 2.61. The van der Waals surface area contributed by atoms with Crippen LogP contribution < -0.4 is 5.32 Å².